The molecular formula is C14H13F9O. The van der Waals surface area contributed by atoms with Crippen molar-refractivity contribution in [2.24, 2.45) is 5.92 Å². The van der Waals surface area contributed by atoms with Gasteiger partial charge in [0.25, 0.3) is 0 Å². The van der Waals surface area contributed by atoms with E-state index in [0.29, 0.717) is 0 Å². The first-order valence-corrected chi connectivity index (χ1v) is 6.56. The van der Waals surface area contributed by atoms with Crippen molar-refractivity contribution in [3.63, 3.8) is 0 Å². The molecule has 24 heavy (non-hydrogen) atoms. The molecule has 0 aliphatic heterocycles. The van der Waals surface area contributed by atoms with E-state index in [4.69, 9.17) is 0 Å². The fraction of sp³-hybridized carbons (Fsp3) is 0.571. The summed E-state index contributed by atoms with van der Waals surface area (Å²) >= 11 is 0. The zero-order valence-corrected chi connectivity index (χ0v) is 12.3. The Morgan fingerprint density at radius 1 is 0.750 bits per heavy atom. The normalized spacial score (nSPS) is 15.7. The van der Waals surface area contributed by atoms with Gasteiger partial charge in [0.15, 0.2) is 0 Å². The molecule has 0 spiro atoms. The Balaban J connectivity index is 3.29. The van der Waals surface area contributed by atoms with Crippen LogP contribution in [0.25, 0.3) is 0 Å². The van der Waals surface area contributed by atoms with Gasteiger partial charge in [-0.3, -0.25) is 0 Å². The van der Waals surface area contributed by atoms with Crippen LogP contribution in [0.1, 0.15) is 31.1 Å². The summed E-state index contributed by atoms with van der Waals surface area (Å²) in [4.78, 5) is 0. The van der Waals surface area contributed by atoms with Crippen LogP contribution in [0.5, 0.6) is 0 Å². The van der Waals surface area contributed by atoms with Crippen molar-refractivity contribution in [1.82, 2.24) is 0 Å². The van der Waals surface area contributed by atoms with Gasteiger partial charge in [-0.05, 0) is 11.5 Å². The third-order valence-electron chi connectivity index (χ3n) is 3.39. The molecule has 0 saturated carbocycles. The maximum absolute atomic E-state index is 13.7. The largest absolute Gasteiger partial charge is 0.460 e. The van der Waals surface area contributed by atoms with E-state index >= 15 is 0 Å². The lowest BCUT2D eigenvalue weighted by Crippen LogP contribution is -2.59. The second kappa shape index (κ2) is 6.12. The van der Waals surface area contributed by atoms with Crippen molar-refractivity contribution in [3.05, 3.63) is 35.4 Å². The highest BCUT2D eigenvalue weighted by Gasteiger charge is 2.81. The van der Waals surface area contributed by atoms with E-state index < -0.39 is 35.6 Å². The van der Waals surface area contributed by atoms with Gasteiger partial charge in [-0.2, -0.15) is 39.5 Å². The summed E-state index contributed by atoms with van der Waals surface area (Å²) in [5.41, 5.74) is -1.70. The highest BCUT2D eigenvalue weighted by atomic mass is 19.4. The molecule has 0 aliphatic carbocycles. The Labute approximate surface area is 131 Å². The van der Waals surface area contributed by atoms with Gasteiger partial charge in [0.1, 0.15) is 0 Å². The van der Waals surface area contributed by atoms with Crippen LogP contribution in [-0.4, -0.2) is 23.1 Å². The molecule has 1 nitrogen and oxygen atoms in total. The highest BCUT2D eigenvalue weighted by molar-refractivity contribution is 5.30. The number of halogens is 9. The number of aliphatic hydroxyl groups is 1. The molecule has 0 aromatic heterocycles. The van der Waals surface area contributed by atoms with Crippen LogP contribution in [0, 0.1) is 5.92 Å². The molecule has 0 fully saturated rings. The number of alkyl halides is 9. The summed E-state index contributed by atoms with van der Waals surface area (Å²) in [6.07, 6.45) is -8.00. The zero-order valence-electron chi connectivity index (χ0n) is 12.3. The van der Waals surface area contributed by atoms with E-state index in [2.05, 4.69) is 0 Å². The molecule has 1 aromatic carbocycles. The summed E-state index contributed by atoms with van der Waals surface area (Å²) in [5, 5.41) is 9.68. The third kappa shape index (κ3) is 3.20. The van der Waals surface area contributed by atoms with Crippen LogP contribution in [0.15, 0.2) is 24.3 Å². The SMILES string of the molecule is CC(C)C(O)c1ccc(C(F)(F)C(F)(F)C(F)(F)C(F)(F)F)cc1. The second-order valence-corrected chi connectivity index (χ2v) is 5.53. The summed E-state index contributed by atoms with van der Waals surface area (Å²) in [7, 11) is 0. The number of benzene rings is 1. The second-order valence-electron chi connectivity index (χ2n) is 5.53. The maximum atomic E-state index is 13.7. The van der Waals surface area contributed by atoms with Crippen LogP contribution < -0.4 is 0 Å². The van der Waals surface area contributed by atoms with Gasteiger partial charge < -0.3 is 5.11 Å². The molecule has 0 bridgehead atoms. The van der Waals surface area contributed by atoms with Gasteiger partial charge in [-0.15, -0.1) is 0 Å². The van der Waals surface area contributed by atoms with E-state index in [1.54, 1.807) is 13.8 Å². The quantitative estimate of drug-likeness (QED) is 0.700. The predicted molar refractivity (Wildman–Crippen MR) is 66.1 cm³/mol. The zero-order chi connectivity index (χ0) is 19.1. The molecule has 1 rings (SSSR count). The van der Waals surface area contributed by atoms with Crippen molar-refractivity contribution in [3.8, 4) is 0 Å². The summed E-state index contributed by atoms with van der Waals surface area (Å²) < 4.78 is 116. The van der Waals surface area contributed by atoms with Gasteiger partial charge in [-0.25, -0.2) is 0 Å². The molecular weight excluding hydrogens is 355 g/mol. The Hall–Kier alpha value is -1.45. The van der Waals surface area contributed by atoms with Gasteiger partial charge in [0, 0.05) is 5.56 Å². The van der Waals surface area contributed by atoms with Crippen molar-refractivity contribution < 1.29 is 44.6 Å². The standard InChI is InChI=1S/C14H13F9O/c1-7(2)10(24)8-3-5-9(6-4-8)11(15,16)12(17,18)13(19,20)14(21,22)23/h3-7,10,24H,1-2H3. The van der Waals surface area contributed by atoms with Crippen LogP contribution in [-0.2, 0) is 5.92 Å². The smallest absolute Gasteiger partial charge is 0.388 e. The van der Waals surface area contributed by atoms with Gasteiger partial charge in [-0.1, -0.05) is 38.1 Å². The summed E-state index contributed by atoms with van der Waals surface area (Å²) in [6.45, 7) is 3.12. The van der Waals surface area contributed by atoms with E-state index in [0.717, 1.165) is 12.1 Å². The lowest BCUT2D eigenvalue weighted by molar-refractivity contribution is -0.399. The minimum absolute atomic E-state index is 0.0236. The van der Waals surface area contributed by atoms with Gasteiger partial charge in [0.2, 0.25) is 0 Å². The lowest BCUT2D eigenvalue weighted by Gasteiger charge is -2.33. The Morgan fingerprint density at radius 3 is 1.50 bits per heavy atom. The number of aliphatic hydroxyl groups excluding tert-OH is 1. The predicted octanol–water partition coefficient (Wildman–Crippen LogP) is 5.30. The molecule has 0 amide bonds. The highest BCUT2D eigenvalue weighted by Crippen LogP contribution is 2.56. The van der Waals surface area contributed by atoms with Crippen LogP contribution in [0.4, 0.5) is 39.5 Å². The molecule has 1 unspecified atom stereocenters. The van der Waals surface area contributed by atoms with Crippen LogP contribution in [0.2, 0.25) is 0 Å². The Kier molecular flexibility index (Phi) is 5.25. The molecule has 1 N–H and O–H groups in total. The number of rotatable bonds is 5. The minimum Gasteiger partial charge on any atom is -0.388 e. The summed E-state index contributed by atoms with van der Waals surface area (Å²) in [6, 6.07) is 2.08. The topological polar surface area (TPSA) is 20.2 Å². The average molecular weight is 368 g/mol. The van der Waals surface area contributed by atoms with E-state index in [1.807, 2.05) is 0 Å². The molecule has 10 heteroatoms. The van der Waals surface area contributed by atoms with E-state index in [9.17, 15) is 44.6 Å². The lowest BCUT2D eigenvalue weighted by atomic mass is 9.93. The maximum Gasteiger partial charge on any atom is 0.460 e. The monoisotopic (exact) mass is 368 g/mol. The molecule has 0 aliphatic rings. The van der Waals surface area contributed by atoms with Crippen molar-refractivity contribution >= 4 is 0 Å². The fourth-order valence-corrected chi connectivity index (χ4v) is 1.83. The number of hydrogen-bond donors (Lipinski definition) is 1. The Morgan fingerprint density at radius 2 is 1.17 bits per heavy atom. The summed E-state index contributed by atoms with van der Waals surface area (Å²) in [5.74, 6) is -19.8. The fourth-order valence-electron chi connectivity index (χ4n) is 1.83. The first kappa shape index (κ1) is 20.6. The molecule has 138 valence electrons. The molecule has 1 atom stereocenters. The first-order chi connectivity index (χ1) is 10.6. The molecule has 0 heterocycles. The van der Waals surface area contributed by atoms with Crippen LogP contribution in [0.3, 0.4) is 0 Å². The van der Waals surface area contributed by atoms with E-state index in [1.165, 1.54) is 0 Å². The number of hydrogen-bond acceptors (Lipinski definition) is 1. The molecule has 0 radical (unpaired) electrons. The average Bonchev–Trinajstić information content (AvgIpc) is 2.44. The molecule has 0 saturated heterocycles. The Bertz CT molecular complexity index is 561. The third-order valence-corrected chi connectivity index (χ3v) is 3.39. The first-order valence-electron chi connectivity index (χ1n) is 6.56. The van der Waals surface area contributed by atoms with Gasteiger partial charge in [0.05, 0.1) is 6.10 Å². The van der Waals surface area contributed by atoms with Crippen molar-refractivity contribution in [1.29, 1.82) is 0 Å². The van der Waals surface area contributed by atoms with E-state index in [-0.39, 0.29) is 23.6 Å². The molecule has 1 aromatic rings. The minimum atomic E-state index is -6.93. The van der Waals surface area contributed by atoms with Crippen molar-refractivity contribution in [2.45, 2.75) is 43.9 Å². The van der Waals surface area contributed by atoms with Crippen LogP contribution >= 0.6 is 0 Å². The van der Waals surface area contributed by atoms with Gasteiger partial charge >= 0.3 is 23.9 Å². The van der Waals surface area contributed by atoms with Crippen molar-refractivity contribution in [2.75, 3.05) is 0 Å².